The van der Waals surface area contributed by atoms with Crippen molar-refractivity contribution in [1.29, 1.82) is 0 Å². The molecule has 0 fully saturated rings. The van der Waals surface area contributed by atoms with E-state index in [1.54, 1.807) is 25.4 Å². The summed E-state index contributed by atoms with van der Waals surface area (Å²) in [6, 6.07) is 9.15. The largest absolute Gasteiger partial charge is 0.496 e. The van der Waals surface area contributed by atoms with E-state index in [1.807, 2.05) is 24.3 Å². The molecule has 0 saturated carbocycles. The van der Waals surface area contributed by atoms with E-state index in [2.05, 4.69) is 4.98 Å². The van der Waals surface area contributed by atoms with Crippen LogP contribution in [-0.2, 0) is 4.74 Å². The van der Waals surface area contributed by atoms with Gasteiger partial charge in [0.1, 0.15) is 11.3 Å². The maximum Gasteiger partial charge on any atom is 0.342 e. The van der Waals surface area contributed by atoms with Gasteiger partial charge in [-0.3, -0.25) is 4.98 Å². The van der Waals surface area contributed by atoms with Crippen molar-refractivity contribution in [2.75, 3.05) is 13.7 Å². The number of benzene rings is 1. The van der Waals surface area contributed by atoms with Crippen LogP contribution in [0.1, 0.15) is 17.3 Å². The standard InChI is InChI=1S/C15H15NO3/c1-3-19-15(17)14-12(5-4-6-13(14)18-2)11-7-9-16-10-8-11/h4-10H,3H2,1-2H3. The molecule has 0 atom stereocenters. The molecule has 19 heavy (non-hydrogen) atoms. The van der Waals surface area contributed by atoms with Crippen LogP contribution in [0.5, 0.6) is 5.75 Å². The molecule has 4 heteroatoms. The summed E-state index contributed by atoms with van der Waals surface area (Å²) in [5, 5.41) is 0. The highest BCUT2D eigenvalue weighted by Crippen LogP contribution is 2.30. The Balaban J connectivity index is 2.57. The fraction of sp³-hybridized carbons (Fsp3) is 0.200. The number of methoxy groups -OCH3 is 1. The number of hydrogen-bond donors (Lipinski definition) is 0. The van der Waals surface area contributed by atoms with Gasteiger partial charge in [-0.15, -0.1) is 0 Å². The van der Waals surface area contributed by atoms with Gasteiger partial charge in [-0.25, -0.2) is 4.79 Å². The van der Waals surface area contributed by atoms with Crippen molar-refractivity contribution in [3.63, 3.8) is 0 Å². The Morgan fingerprint density at radius 2 is 1.95 bits per heavy atom. The van der Waals surface area contributed by atoms with Crippen molar-refractivity contribution in [3.8, 4) is 16.9 Å². The number of hydrogen-bond acceptors (Lipinski definition) is 4. The maximum absolute atomic E-state index is 12.1. The third-order valence-electron chi connectivity index (χ3n) is 2.72. The second-order valence-corrected chi connectivity index (χ2v) is 3.84. The van der Waals surface area contributed by atoms with Gasteiger partial charge in [0.05, 0.1) is 13.7 Å². The van der Waals surface area contributed by atoms with Gasteiger partial charge in [0.2, 0.25) is 0 Å². The first-order chi connectivity index (χ1) is 9.27. The van der Waals surface area contributed by atoms with E-state index in [0.717, 1.165) is 11.1 Å². The Morgan fingerprint density at radius 3 is 2.58 bits per heavy atom. The van der Waals surface area contributed by atoms with E-state index in [-0.39, 0.29) is 5.97 Å². The van der Waals surface area contributed by atoms with Crippen LogP contribution in [0.15, 0.2) is 42.7 Å². The number of carbonyl (C=O) groups is 1. The Bertz CT molecular complexity index is 567. The van der Waals surface area contributed by atoms with Gasteiger partial charge in [0.25, 0.3) is 0 Å². The molecule has 0 bridgehead atoms. The lowest BCUT2D eigenvalue weighted by molar-refractivity contribution is 0.0523. The third kappa shape index (κ3) is 2.73. The fourth-order valence-corrected chi connectivity index (χ4v) is 1.89. The molecule has 98 valence electrons. The van der Waals surface area contributed by atoms with E-state index in [9.17, 15) is 4.79 Å². The fourth-order valence-electron chi connectivity index (χ4n) is 1.89. The van der Waals surface area contributed by atoms with Crippen LogP contribution in [-0.4, -0.2) is 24.7 Å². The van der Waals surface area contributed by atoms with E-state index in [4.69, 9.17) is 9.47 Å². The highest BCUT2D eigenvalue weighted by molar-refractivity contribution is 6.00. The van der Waals surface area contributed by atoms with Gasteiger partial charge in [-0.05, 0) is 30.7 Å². The smallest absolute Gasteiger partial charge is 0.342 e. The highest BCUT2D eigenvalue weighted by Gasteiger charge is 2.19. The van der Waals surface area contributed by atoms with Gasteiger partial charge in [-0.1, -0.05) is 12.1 Å². The van der Waals surface area contributed by atoms with E-state index < -0.39 is 0 Å². The molecule has 1 aromatic heterocycles. The quantitative estimate of drug-likeness (QED) is 0.790. The topological polar surface area (TPSA) is 48.4 Å². The minimum atomic E-state index is -0.383. The van der Waals surface area contributed by atoms with Crippen molar-refractivity contribution in [3.05, 3.63) is 48.3 Å². The Morgan fingerprint density at radius 1 is 1.21 bits per heavy atom. The summed E-state index contributed by atoms with van der Waals surface area (Å²) in [6.07, 6.45) is 3.37. The summed E-state index contributed by atoms with van der Waals surface area (Å²) in [6.45, 7) is 2.10. The number of ether oxygens (including phenoxy) is 2. The lowest BCUT2D eigenvalue weighted by atomic mass is 10.00. The number of nitrogens with zero attached hydrogens (tertiary/aromatic N) is 1. The Kier molecular flexibility index (Phi) is 4.13. The zero-order chi connectivity index (χ0) is 13.7. The molecule has 0 aliphatic heterocycles. The van der Waals surface area contributed by atoms with Crippen LogP contribution in [0.2, 0.25) is 0 Å². The predicted octanol–water partition coefficient (Wildman–Crippen LogP) is 2.93. The molecule has 0 saturated heterocycles. The molecule has 1 heterocycles. The summed E-state index contributed by atoms with van der Waals surface area (Å²) in [7, 11) is 1.54. The lowest BCUT2D eigenvalue weighted by Gasteiger charge is -2.12. The molecule has 4 nitrogen and oxygen atoms in total. The minimum Gasteiger partial charge on any atom is -0.496 e. The number of aromatic nitrogens is 1. The van der Waals surface area contributed by atoms with Crippen molar-refractivity contribution in [1.82, 2.24) is 4.98 Å². The Hall–Kier alpha value is -2.36. The normalized spacial score (nSPS) is 10.0. The first kappa shape index (κ1) is 13.1. The second kappa shape index (κ2) is 6.00. The molecule has 1 aromatic carbocycles. The van der Waals surface area contributed by atoms with Crippen molar-refractivity contribution < 1.29 is 14.3 Å². The molecular weight excluding hydrogens is 242 g/mol. The molecule has 2 rings (SSSR count). The summed E-state index contributed by atoms with van der Waals surface area (Å²) in [4.78, 5) is 16.1. The van der Waals surface area contributed by atoms with Gasteiger partial charge in [0.15, 0.2) is 0 Å². The maximum atomic E-state index is 12.1. The van der Waals surface area contributed by atoms with Gasteiger partial charge >= 0.3 is 5.97 Å². The second-order valence-electron chi connectivity index (χ2n) is 3.84. The van der Waals surface area contributed by atoms with Crippen LogP contribution in [0.4, 0.5) is 0 Å². The Labute approximate surface area is 112 Å². The number of carbonyl (C=O) groups excluding carboxylic acids is 1. The van der Waals surface area contributed by atoms with Crippen molar-refractivity contribution >= 4 is 5.97 Å². The summed E-state index contributed by atoms with van der Waals surface area (Å²) in [5.74, 6) is 0.125. The van der Waals surface area contributed by atoms with Gasteiger partial charge in [0, 0.05) is 18.0 Å². The SMILES string of the molecule is CCOC(=O)c1c(OC)cccc1-c1ccncc1. The van der Waals surface area contributed by atoms with Gasteiger partial charge in [-0.2, -0.15) is 0 Å². The number of esters is 1. The average molecular weight is 257 g/mol. The summed E-state index contributed by atoms with van der Waals surface area (Å²) < 4.78 is 10.4. The molecule has 0 aliphatic carbocycles. The van der Waals surface area contributed by atoms with E-state index in [1.165, 1.54) is 7.11 Å². The third-order valence-corrected chi connectivity index (χ3v) is 2.72. The zero-order valence-electron chi connectivity index (χ0n) is 10.9. The molecule has 0 radical (unpaired) electrons. The lowest BCUT2D eigenvalue weighted by Crippen LogP contribution is -2.08. The van der Waals surface area contributed by atoms with Crippen molar-refractivity contribution in [2.45, 2.75) is 6.92 Å². The van der Waals surface area contributed by atoms with E-state index in [0.29, 0.717) is 17.9 Å². The molecule has 0 spiro atoms. The monoisotopic (exact) mass is 257 g/mol. The van der Waals surface area contributed by atoms with Crippen molar-refractivity contribution in [2.24, 2.45) is 0 Å². The number of rotatable bonds is 4. The number of pyridine rings is 1. The van der Waals surface area contributed by atoms with Crippen LogP contribution < -0.4 is 4.74 Å². The van der Waals surface area contributed by atoms with Crippen LogP contribution >= 0.6 is 0 Å². The molecule has 0 aliphatic rings. The van der Waals surface area contributed by atoms with Crippen LogP contribution in [0.3, 0.4) is 0 Å². The first-order valence-electron chi connectivity index (χ1n) is 6.02. The van der Waals surface area contributed by atoms with E-state index >= 15 is 0 Å². The van der Waals surface area contributed by atoms with Crippen LogP contribution in [0, 0.1) is 0 Å². The molecule has 0 unspecified atom stereocenters. The summed E-state index contributed by atoms with van der Waals surface area (Å²) >= 11 is 0. The molecule has 0 N–H and O–H groups in total. The minimum absolute atomic E-state index is 0.326. The molecule has 0 amide bonds. The summed E-state index contributed by atoms with van der Waals surface area (Å²) in [5.41, 5.74) is 2.12. The van der Waals surface area contributed by atoms with Gasteiger partial charge < -0.3 is 9.47 Å². The zero-order valence-corrected chi connectivity index (χ0v) is 10.9. The highest BCUT2D eigenvalue weighted by atomic mass is 16.5. The first-order valence-corrected chi connectivity index (χ1v) is 6.02. The average Bonchev–Trinajstić information content (AvgIpc) is 2.47. The molecule has 2 aromatic rings. The van der Waals surface area contributed by atoms with Crippen LogP contribution in [0.25, 0.3) is 11.1 Å². The predicted molar refractivity (Wildman–Crippen MR) is 72.2 cm³/mol. The molecular formula is C15H15NO3.